The van der Waals surface area contributed by atoms with Gasteiger partial charge in [-0.25, -0.2) is 0 Å². The molecule has 1 N–H and O–H groups in total. The van der Waals surface area contributed by atoms with E-state index in [1.165, 1.54) is 11.3 Å². The van der Waals surface area contributed by atoms with E-state index in [9.17, 15) is 0 Å². The van der Waals surface area contributed by atoms with Crippen molar-refractivity contribution in [2.75, 3.05) is 38.1 Å². The lowest BCUT2D eigenvalue weighted by atomic mass is 10.1. The normalized spacial score (nSPS) is 20.6. The Morgan fingerprint density at radius 3 is 2.50 bits per heavy atom. The van der Waals surface area contributed by atoms with Gasteiger partial charge in [-0.1, -0.05) is 26.0 Å². The van der Waals surface area contributed by atoms with Crippen molar-refractivity contribution in [3.05, 3.63) is 29.8 Å². The van der Waals surface area contributed by atoms with Gasteiger partial charge in [-0.3, -0.25) is 0 Å². The van der Waals surface area contributed by atoms with E-state index in [-0.39, 0.29) is 0 Å². The standard InChI is InChI=1S/C17H29N3/c1-14(2)11-18-12-16-5-7-17(8-6-16)20-10-9-19(4)13-15(20)3/h5-8,14-15,18H,9-13H2,1-4H3. The maximum atomic E-state index is 3.49. The highest BCUT2D eigenvalue weighted by atomic mass is 15.3. The summed E-state index contributed by atoms with van der Waals surface area (Å²) in [4.78, 5) is 4.93. The summed E-state index contributed by atoms with van der Waals surface area (Å²) in [5, 5.41) is 3.49. The maximum absolute atomic E-state index is 3.49. The Labute approximate surface area is 124 Å². The first kappa shape index (κ1) is 15.3. The Bertz CT molecular complexity index is 399. The smallest absolute Gasteiger partial charge is 0.0389 e. The Morgan fingerprint density at radius 2 is 1.90 bits per heavy atom. The zero-order valence-electron chi connectivity index (χ0n) is 13.4. The number of likely N-dealkylation sites (N-methyl/N-ethyl adjacent to an activating group) is 1. The van der Waals surface area contributed by atoms with Crippen LogP contribution < -0.4 is 10.2 Å². The van der Waals surface area contributed by atoms with Gasteiger partial charge in [-0.15, -0.1) is 0 Å². The molecule has 0 saturated carbocycles. The van der Waals surface area contributed by atoms with Crippen LogP contribution in [0.4, 0.5) is 5.69 Å². The van der Waals surface area contributed by atoms with Gasteiger partial charge < -0.3 is 15.1 Å². The van der Waals surface area contributed by atoms with Crippen LogP contribution in [0.3, 0.4) is 0 Å². The van der Waals surface area contributed by atoms with Crippen LogP contribution in [-0.4, -0.2) is 44.2 Å². The van der Waals surface area contributed by atoms with Gasteiger partial charge in [-0.05, 0) is 44.1 Å². The number of nitrogens with one attached hydrogen (secondary N) is 1. The van der Waals surface area contributed by atoms with Crippen molar-refractivity contribution >= 4 is 5.69 Å². The van der Waals surface area contributed by atoms with Crippen molar-refractivity contribution in [1.82, 2.24) is 10.2 Å². The van der Waals surface area contributed by atoms with Crippen molar-refractivity contribution in [2.24, 2.45) is 5.92 Å². The third-order valence-corrected chi connectivity index (χ3v) is 3.98. The summed E-state index contributed by atoms with van der Waals surface area (Å²) in [7, 11) is 2.21. The third kappa shape index (κ3) is 4.22. The molecule has 1 fully saturated rings. The summed E-state index contributed by atoms with van der Waals surface area (Å²) in [5.41, 5.74) is 2.73. The fourth-order valence-corrected chi connectivity index (χ4v) is 2.83. The van der Waals surface area contributed by atoms with Crippen LogP contribution in [0.1, 0.15) is 26.3 Å². The van der Waals surface area contributed by atoms with Crippen LogP contribution >= 0.6 is 0 Å². The zero-order chi connectivity index (χ0) is 14.5. The van der Waals surface area contributed by atoms with Gasteiger partial charge in [0.05, 0.1) is 0 Å². The second-order valence-electron chi connectivity index (χ2n) is 6.50. The lowest BCUT2D eigenvalue weighted by Crippen LogP contribution is -2.50. The minimum absolute atomic E-state index is 0.596. The van der Waals surface area contributed by atoms with Gasteiger partial charge in [0.25, 0.3) is 0 Å². The molecule has 3 heteroatoms. The van der Waals surface area contributed by atoms with Crippen molar-refractivity contribution in [2.45, 2.75) is 33.4 Å². The third-order valence-electron chi connectivity index (χ3n) is 3.98. The second kappa shape index (κ2) is 7.09. The van der Waals surface area contributed by atoms with Crippen LogP contribution in [0, 0.1) is 5.92 Å². The molecular weight excluding hydrogens is 246 g/mol. The van der Waals surface area contributed by atoms with Crippen LogP contribution in [0.2, 0.25) is 0 Å². The molecule has 0 aromatic heterocycles. The van der Waals surface area contributed by atoms with Crippen molar-refractivity contribution in [3.8, 4) is 0 Å². The molecule has 1 atom stereocenters. The summed E-state index contributed by atoms with van der Waals surface area (Å²) >= 11 is 0. The fraction of sp³-hybridized carbons (Fsp3) is 0.647. The van der Waals surface area contributed by atoms with Gasteiger partial charge in [0.15, 0.2) is 0 Å². The predicted molar refractivity (Wildman–Crippen MR) is 87.3 cm³/mol. The van der Waals surface area contributed by atoms with Gasteiger partial charge in [0, 0.05) is 37.9 Å². The van der Waals surface area contributed by atoms with E-state index in [2.05, 4.69) is 67.2 Å². The average Bonchev–Trinajstić information content (AvgIpc) is 2.39. The Morgan fingerprint density at radius 1 is 1.20 bits per heavy atom. The van der Waals surface area contributed by atoms with Crippen molar-refractivity contribution < 1.29 is 0 Å². The van der Waals surface area contributed by atoms with Gasteiger partial charge in [0.1, 0.15) is 0 Å². The van der Waals surface area contributed by atoms with E-state index < -0.39 is 0 Å². The number of nitrogens with zero attached hydrogens (tertiary/aromatic N) is 2. The molecule has 112 valence electrons. The van der Waals surface area contributed by atoms with Crippen LogP contribution in [-0.2, 0) is 6.54 Å². The van der Waals surface area contributed by atoms with Gasteiger partial charge in [-0.2, -0.15) is 0 Å². The van der Waals surface area contributed by atoms with Crippen LogP contribution in [0.5, 0.6) is 0 Å². The second-order valence-corrected chi connectivity index (χ2v) is 6.50. The van der Waals surface area contributed by atoms with Crippen LogP contribution in [0.25, 0.3) is 0 Å². The molecule has 0 spiro atoms. The van der Waals surface area contributed by atoms with Gasteiger partial charge >= 0.3 is 0 Å². The Balaban J connectivity index is 1.91. The minimum atomic E-state index is 0.596. The molecule has 1 saturated heterocycles. The number of benzene rings is 1. The molecule has 1 aromatic rings. The van der Waals surface area contributed by atoms with E-state index in [1.807, 2.05) is 0 Å². The summed E-state index contributed by atoms with van der Waals surface area (Å²) in [6, 6.07) is 9.66. The first-order chi connectivity index (χ1) is 9.56. The predicted octanol–water partition coefficient (Wildman–Crippen LogP) is 2.57. The summed E-state index contributed by atoms with van der Waals surface area (Å²) in [6.07, 6.45) is 0. The van der Waals surface area contributed by atoms with E-state index in [4.69, 9.17) is 0 Å². The zero-order valence-corrected chi connectivity index (χ0v) is 13.4. The first-order valence-corrected chi connectivity index (χ1v) is 7.81. The van der Waals surface area contributed by atoms with E-state index in [0.717, 1.165) is 32.7 Å². The molecule has 0 aliphatic carbocycles. The molecule has 0 amide bonds. The molecule has 1 aliphatic heterocycles. The highest BCUT2D eigenvalue weighted by Crippen LogP contribution is 2.20. The monoisotopic (exact) mass is 275 g/mol. The Hall–Kier alpha value is -1.06. The highest BCUT2D eigenvalue weighted by molar-refractivity contribution is 5.49. The molecule has 0 bridgehead atoms. The number of piperazine rings is 1. The lowest BCUT2D eigenvalue weighted by molar-refractivity contribution is 0.275. The van der Waals surface area contributed by atoms with E-state index in [0.29, 0.717) is 12.0 Å². The van der Waals surface area contributed by atoms with Crippen LogP contribution in [0.15, 0.2) is 24.3 Å². The van der Waals surface area contributed by atoms with Gasteiger partial charge in [0.2, 0.25) is 0 Å². The SMILES string of the molecule is CC(C)CNCc1ccc(N2CCN(C)CC2C)cc1. The minimum Gasteiger partial charge on any atom is -0.366 e. The van der Waals surface area contributed by atoms with E-state index in [1.54, 1.807) is 0 Å². The molecule has 1 aromatic carbocycles. The molecule has 1 unspecified atom stereocenters. The molecular formula is C17H29N3. The van der Waals surface area contributed by atoms with Crippen molar-refractivity contribution in [1.29, 1.82) is 0 Å². The average molecular weight is 275 g/mol. The topological polar surface area (TPSA) is 18.5 Å². The number of hydrogen-bond acceptors (Lipinski definition) is 3. The molecule has 1 heterocycles. The molecule has 20 heavy (non-hydrogen) atoms. The lowest BCUT2D eigenvalue weighted by Gasteiger charge is -2.39. The number of anilines is 1. The largest absolute Gasteiger partial charge is 0.366 e. The highest BCUT2D eigenvalue weighted by Gasteiger charge is 2.21. The summed E-state index contributed by atoms with van der Waals surface area (Å²) < 4.78 is 0. The first-order valence-electron chi connectivity index (χ1n) is 7.81. The number of rotatable bonds is 5. The van der Waals surface area contributed by atoms with Crippen molar-refractivity contribution in [3.63, 3.8) is 0 Å². The fourth-order valence-electron chi connectivity index (χ4n) is 2.83. The Kier molecular flexibility index (Phi) is 5.44. The quantitative estimate of drug-likeness (QED) is 0.891. The molecule has 0 radical (unpaired) electrons. The van der Waals surface area contributed by atoms with E-state index >= 15 is 0 Å². The summed E-state index contributed by atoms with van der Waals surface area (Å²) in [5.74, 6) is 0.709. The maximum Gasteiger partial charge on any atom is 0.0389 e. The molecule has 3 nitrogen and oxygen atoms in total. The number of hydrogen-bond donors (Lipinski definition) is 1. The molecule has 2 rings (SSSR count). The summed E-state index contributed by atoms with van der Waals surface area (Å²) in [6.45, 7) is 12.3. The molecule has 1 aliphatic rings.